The van der Waals surface area contributed by atoms with Crippen molar-refractivity contribution < 1.29 is 34.9 Å². The highest BCUT2D eigenvalue weighted by Crippen LogP contribution is 2.35. The minimum absolute atomic E-state index is 0.00261. The Balaban J connectivity index is 1.48. The van der Waals surface area contributed by atoms with Crippen molar-refractivity contribution in [2.45, 2.75) is 43.7 Å². The summed E-state index contributed by atoms with van der Waals surface area (Å²) in [6.07, 6.45) is 7.15. The highest BCUT2D eigenvalue weighted by Gasteiger charge is 2.48. The van der Waals surface area contributed by atoms with Crippen molar-refractivity contribution in [1.29, 1.82) is 0 Å². The van der Waals surface area contributed by atoms with Crippen LogP contribution in [0.4, 0.5) is 17.6 Å². The number of fused-ring (bicyclic) bond motifs is 1. The van der Waals surface area contributed by atoms with Crippen LogP contribution in [0, 0.1) is 0 Å². The molecule has 0 spiro atoms. The Morgan fingerprint density at radius 3 is 2.71 bits per heavy atom. The molecule has 11 heteroatoms. The number of aromatic nitrogens is 1. The molecule has 2 heterocycles. The average molecular weight is 515 g/mol. The summed E-state index contributed by atoms with van der Waals surface area (Å²) in [7, 11) is -5.73. The van der Waals surface area contributed by atoms with Gasteiger partial charge in [0.05, 0.1) is 6.67 Å². The minimum Gasteiger partial charge on any atom is -0.473 e. The van der Waals surface area contributed by atoms with Gasteiger partial charge in [-0.3, -0.25) is 9.29 Å². The topological polar surface area (TPSA) is 68.7 Å². The van der Waals surface area contributed by atoms with E-state index in [-0.39, 0.29) is 18.5 Å². The second kappa shape index (κ2) is 10.5. The van der Waals surface area contributed by atoms with Gasteiger partial charge in [0.2, 0.25) is 5.88 Å². The molecule has 1 aromatic carbocycles. The molecule has 0 saturated carbocycles. The van der Waals surface area contributed by atoms with E-state index >= 15 is 0 Å². The molecule has 0 N–H and O–H groups in total. The predicted octanol–water partition coefficient (Wildman–Crippen LogP) is 4.89. The third-order valence-electron chi connectivity index (χ3n) is 6.03. The van der Waals surface area contributed by atoms with Crippen LogP contribution in [0.3, 0.4) is 0 Å². The standard InChI is InChI=1S/C24H26F4N2O4S/c25-11-3-12-30-13-10-20(16-30)33-23-9-6-18(15-29-23)21-5-2-1-4-17-14-19(7-8-22(17)21)34-35(31,32)24(26,27)28/h5-9,14-15,20H,1-4,10-13,16H2. The van der Waals surface area contributed by atoms with Gasteiger partial charge >= 0.3 is 15.6 Å². The van der Waals surface area contributed by atoms with Gasteiger partial charge in [-0.05, 0) is 67.0 Å². The lowest BCUT2D eigenvalue weighted by Crippen LogP contribution is -2.28. The van der Waals surface area contributed by atoms with E-state index < -0.39 is 15.6 Å². The Bertz CT molecular complexity index is 1170. The van der Waals surface area contributed by atoms with Gasteiger partial charge < -0.3 is 8.92 Å². The van der Waals surface area contributed by atoms with Crippen LogP contribution in [0.25, 0.3) is 5.57 Å². The van der Waals surface area contributed by atoms with Gasteiger partial charge in [-0.15, -0.1) is 0 Å². The third kappa shape index (κ3) is 6.13. The second-order valence-electron chi connectivity index (χ2n) is 8.57. The quantitative estimate of drug-likeness (QED) is 0.284. The number of alkyl halides is 4. The number of hydrogen-bond acceptors (Lipinski definition) is 6. The van der Waals surface area contributed by atoms with E-state index in [0.717, 1.165) is 49.1 Å². The summed E-state index contributed by atoms with van der Waals surface area (Å²) in [5, 5.41) is 0. The first-order chi connectivity index (χ1) is 16.7. The van der Waals surface area contributed by atoms with Crippen LogP contribution < -0.4 is 8.92 Å². The molecule has 35 heavy (non-hydrogen) atoms. The van der Waals surface area contributed by atoms with Gasteiger partial charge in [0.15, 0.2) is 0 Å². The Hall–Kier alpha value is -2.66. The van der Waals surface area contributed by atoms with Crippen LogP contribution in [0.1, 0.15) is 42.4 Å². The fourth-order valence-electron chi connectivity index (χ4n) is 4.35. The normalized spacial score (nSPS) is 19.1. The maximum absolute atomic E-state index is 12.7. The summed E-state index contributed by atoms with van der Waals surface area (Å²) >= 11 is 0. The molecule has 1 fully saturated rings. The zero-order valence-corrected chi connectivity index (χ0v) is 19.7. The number of likely N-dealkylation sites (tertiary alicyclic amines) is 1. The summed E-state index contributed by atoms with van der Waals surface area (Å²) < 4.78 is 83.4. The molecule has 2 aliphatic rings. The molecule has 1 atom stereocenters. The molecule has 0 radical (unpaired) electrons. The molecule has 1 saturated heterocycles. The van der Waals surface area contributed by atoms with Gasteiger partial charge in [0.1, 0.15) is 11.9 Å². The van der Waals surface area contributed by atoms with Crippen molar-refractivity contribution in [3.05, 3.63) is 59.3 Å². The third-order valence-corrected chi connectivity index (χ3v) is 7.01. The van der Waals surface area contributed by atoms with E-state index in [1.807, 2.05) is 12.1 Å². The number of aryl methyl sites for hydroxylation is 1. The average Bonchev–Trinajstić information content (AvgIpc) is 3.14. The van der Waals surface area contributed by atoms with Crippen LogP contribution >= 0.6 is 0 Å². The first-order valence-electron chi connectivity index (χ1n) is 11.4. The summed E-state index contributed by atoms with van der Waals surface area (Å²) in [6, 6.07) is 7.79. The lowest BCUT2D eigenvalue weighted by molar-refractivity contribution is -0.0500. The highest BCUT2D eigenvalue weighted by atomic mass is 32.2. The van der Waals surface area contributed by atoms with Gasteiger partial charge in [-0.25, -0.2) is 4.98 Å². The van der Waals surface area contributed by atoms with Crippen LogP contribution in [0.2, 0.25) is 0 Å². The van der Waals surface area contributed by atoms with Gasteiger partial charge in [-0.2, -0.15) is 21.6 Å². The zero-order valence-electron chi connectivity index (χ0n) is 18.9. The van der Waals surface area contributed by atoms with Crippen molar-refractivity contribution in [2.75, 3.05) is 26.3 Å². The molecule has 1 aliphatic heterocycles. The lowest BCUT2D eigenvalue weighted by atomic mass is 9.94. The van der Waals surface area contributed by atoms with Crippen molar-refractivity contribution in [3.8, 4) is 11.6 Å². The maximum Gasteiger partial charge on any atom is 0.534 e. The summed E-state index contributed by atoms with van der Waals surface area (Å²) in [5.74, 6) is 0.114. The number of rotatable bonds is 8. The van der Waals surface area contributed by atoms with Gasteiger partial charge in [0.25, 0.3) is 0 Å². The molecular weight excluding hydrogens is 488 g/mol. The number of pyridine rings is 1. The van der Waals surface area contributed by atoms with E-state index in [2.05, 4.69) is 14.1 Å². The van der Waals surface area contributed by atoms with Crippen molar-refractivity contribution in [2.24, 2.45) is 0 Å². The van der Waals surface area contributed by atoms with E-state index in [9.17, 15) is 26.0 Å². The number of halogens is 4. The molecule has 1 aliphatic carbocycles. The monoisotopic (exact) mass is 514 g/mol. The zero-order chi connectivity index (χ0) is 25.1. The minimum atomic E-state index is -5.73. The maximum atomic E-state index is 12.7. The summed E-state index contributed by atoms with van der Waals surface area (Å²) in [5.41, 5.74) is -2.34. The van der Waals surface area contributed by atoms with Gasteiger partial charge in [0, 0.05) is 37.5 Å². The largest absolute Gasteiger partial charge is 0.534 e. The summed E-state index contributed by atoms with van der Waals surface area (Å²) in [4.78, 5) is 6.60. The molecule has 190 valence electrons. The number of benzene rings is 1. The number of ether oxygens (including phenoxy) is 1. The molecule has 2 aromatic rings. The SMILES string of the molecule is O=S(=O)(Oc1ccc2c(c1)CCCC=C2c1ccc(OC2CCN(CCCF)C2)nc1)C(F)(F)F. The first kappa shape index (κ1) is 25.4. The number of nitrogens with zero attached hydrogens (tertiary/aromatic N) is 2. The van der Waals surface area contributed by atoms with Crippen LogP contribution in [0.5, 0.6) is 11.6 Å². The van der Waals surface area contributed by atoms with Crippen LogP contribution in [0.15, 0.2) is 42.6 Å². The number of allylic oxidation sites excluding steroid dienone is 1. The Morgan fingerprint density at radius 1 is 1.17 bits per heavy atom. The van der Waals surface area contributed by atoms with Crippen molar-refractivity contribution >= 4 is 15.7 Å². The van der Waals surface area contributed by atoms with Crippen LogP contribution in [-0.4, -0.2) is 56.2 Å². The van der Waals surface area contributed by atoms with E-state index in [4.69, 9.17) is 4.74 Å². The Morgan fingerprint density at radius 2 is 2.00 bits per heavy atom. The summed E-state index contributed by atoms with van der Waals surface area (Å²) in [6.45, 7) is 1.98. The predicted molar refractivity (Wildman–Crippen MR) is 122 cm³/mol. The highest BCUT2D eigenvalue weighted by molar-refractivity contribution is 7.88. The molecule has 4 rings (SSSR count). The first-order valence-corrected chi connectivity index (χ1v) is 12.8. The van der Waals surface area contributed by atoms with E-state index in [1.165, 1.54) is 12.1 Å². The second-order valence-corrected chi connectivity index (χ2v) is 10.1. The lowest BCUT2D eigenvalue weighted by Gasteiger charge is -2.16. The Kier molecular flexibility index (Phi) is 7.65. The van der Waals surface area contributed by atoms with Crippen LogP contribution in [-0.2, 0) is 16.5 Å². The van der Waals surface area contributed by atoms with Crippen molar-refractivity contribution in [3.63, 3.8) is 0 Å². The molecule has 0 amide bonds. The smallest absolute Gasteiger partial charge is 0.473 e. The Labute approximate surface area is 201 Å². The molecule has 6 nitrogen and oxygen atoms in total. The number of hydrogen-bond donors (Lipinski definition) is 0. The van der Waals surface area contributed by atoms with Crippen molar-refractivity contribution in [1.82, 2.24) is 9.88 Å². The molecule has 1 aromatic heterocycles. The molecule has 0 bridgehead atoms. The van der Waals surface area contributed by atoms with E-state index in [1.54, 1.807) is 18.3 Å². The fourth-order valence-corrected chi connectivity index (χ4v) is 4.80. The molecular formula is C24H26F4N2O4S. The molecule has 1 unspecified atom stereocenters. The van der Waals surface area contributed by atoms with Gasteiger partial charge in [-0.1, -0.05) is 12.1 Å². The fraction of sp³-hybridized carbons (Fsp3) is 0.458. The van der Waals surface area contributed by atoms with E-state index in [0.29, 0.717) is 30.8 Å².